The highest BCUT2D eigenvalue weighted by Crippen LogP contribution is 2.25. The predicted molar refractivity (Wildman–Crippen MR) is 117 cm³/mol. The summed E-state index contributed by atoms with van der Waals surface area (Å²) in [6.45, 7) is 8.60. The zero-order valence-corrected chi connectivity index (χ0v) is 18.5. The van der Waals surface area contributed by atoms with Crippen LogP contribution in [0, 0.1) is 18.8 Å². The number of aryl methyl sites for hydroxylation is 1. The van der Waals surface area contributed by atoms with Crippen molar-refractivity contribution >= 4 is 17.7 Å². The van der Waals surface area contributed by atoms with Gasteiger partial charge in [-0.1, -0.05) is 31.5 Å². The first kappa shape index (κ1) is 22.3. The highest BCUT2D eigenvalue weighted by atomic mass is 16.2. The summed E-state index contributed by atoms with van der Waals surface area (Å²) < 4.78 is 0. The number of amides is 3. The van der Waals surface area contributed by atoms with Crippen LogP contribution in [0.1, 0.15) is 61.9 Å². The molecule has 1 aromatic rings. The average molecular weight is 414 g/mol. The Labute approximate surface area is 180 Å². The second-order valence-corrected chi connectivity index (χ2v) is 9.02. The molecular formula is C24H35N3O3. The van der Waals surface area contributed by atoms with Gasteiger partial charge in [0.15, 0.2) is 0 Å². The van der Waals surface area contributed by atoms with Crippen LogP contribution in [0.3, 0.4) is 0 Å². The van der Waals surface area contributed by atoms with Gasteiger partial charge in [-0.15, -0.1) is 0 Å². The van der Waals surface area contributed by atoms with Crippen molar-refractivity contribution in [3.05, 3.63) is 35.4 Å². The monoisotopic (exact) mass is 413 g/mol. The average Bonchev–Trinajstić information content (AvgIpc) is 2.77. The summed E-state index contributed by atoms with van der Waals surface area (Å²) in [5.74, 6) is 0.0213. The molecule has 1 atom stereocenters. The second-order valence-electron chi connectivity index (χ2n) is 9.02. The van der Waals surface area contributed by atoms with Gasteiger partial charge < -0.3 is 15.1 Å². The number of likely N-dealkylation sites (tertiary alicyclic amines) is 2. The van der Waals surface area contributed by atoms with Crippen molar-refractivity contribution in [1.29, 1.82) is 0 Å². The normalized spacial score (nSPS) is 18.9. The minimum Gasteiger partial charge on any atom is -0.342 e. The number of piperidine rings is 2. The van der Waals surface area contributed by atoms with Gasteiger partial charge in [0.1, 0.15) is 6.04 Å². The van der Waals surface area contributed by atoms with Crippen molar-refractivity contribution in [2.24, 2.45) is 11.8 Å². The Kier molecular flexibility index (Phi) is 7.51. The van der Waals surface area contributed by atoms with E-state index in [4.69, 9.17) is 0 Å². The molecule has 0 unspecified atom stereocenters. The molecule has 1 N–H and O–H groups in total. The Hall–Kier alpha value is -2.37. The maximum absolute atomic E-state index is 13.4. The van der Waals surface area contributed by atoms with E-state index >= 15 is 0 Å². The molecule has 164 valence electrons. The second kappa shape index (κ2) is 10.1. The van der Waals surface area contributed by atoms with E-state index in [0.717, 1.165) is 50.8 Å². The predicted octanol–water partition coefficient (Wildman–Crippen LogP) is 3.00. The van der Waals surface area contributed by atoms with E-state index in [9.17, 15) is 14.4 Å². The first-order valence-corrected chi connectivity index (χ1v) is 11.3. The number of benzene rings is 1. The number of nitrogens with one attached hydrogen (secondary N) is 1. The van der Waals surface area contributed by atoms with E-state index in [1.165, 1.54) is 0 Å². The summed E-state index contributed by atoms with van der Waals surface area (Å²) >= 11 is 0. The van der Waals surface area contributed by atoms with Crippen molar-refractivity contribution in [1.82, 2.24) is 15.1 Å². The standard InChI is InChI=1S/C24H35N3O3/c1-17(2)23(29)27-14-10-19(11-15-27)21(24(30)26-12-5-4-6-13-26)25-22(28)20-9-7-8-18(3)16-20/h7-9,16-17,19,21H,4-6,10-15H2,1-3H3,(H,25,28)/t21-/m1/s1. The zero-order chi connectivity index (χ0) is 21.7. The van der Waals surface area contributed by atoms with Crippen LogP contribution >= 0.6 is 0 Å². The van der Waals surface area contributed by atoms with E-state index < -0.39 is 6.04 Å². The molecule has 6 nitrogen and oxygen atoms in total. The van der Waals surface area contributed by atoms with Crippen molar-refractivity contribution in [3.8, 4) is 0 Å². The maximum atomic E-state index is 13.4. The summed E-state index contributed by atoms with van der Waals surface area (Å²) in [6, 6.07) is 6.92. The summed E-state index contributed by atoms with van der Waals surface area (Å²) in [6.07, 6.45) is 4.66. The summed E-state index contributed by atoms with van der Waals surface area (Å²) in [5, 5.41) is 3.06. The van der Waals surface area contributed by atoms with Gasteiger partial charge in [0.05, 0.1) is 0 Å². The van der Waals surface area contributed by atoms with Gasteiger partial charge in [0, 0.05) is 37.7 Å². The van der Waals surface area contributed by atoms with Crippen LogP contribution in [0.4, 0.5) is 0 Å². The molecule has 1 aromatic carbocycles. The highest BCUT2D eigenvalue weighted by molar-refractivity contribution is 5.97. The van der Waals surface area contributed by atoms with Gasteiger partial charge in [-0.2, -0.15) is 0 Å². The lowest BCUT2D eigenvalue weighted by Crippen LogP contribution is -2.55. The fourth-order valence-electron chi connectivity index (χ4n) is 4.52. The molecule has 2 saturated heterocycles. The lowest BCUT2D eigenvalue weighted by Gasteiger charge is -2.39. The minimum atomic E-state index is -0.535. The first-order valence-electron chi connectivity index (χ1n) is 11.3. The molecule has 6 heteroatoms. The van der Waals surface area contributed by atoms with Gasteiger partial charge in [-0.25, -0.2) is 0 Å². The molecule has 2 heterocycles. The Morgan fingerprint density at radius 2 is 1.57 bits per heavy atom. The van der Waals surface area contributed by atoms with Crippen LogP contribution in [0.25, 0.3) is 0 Å². The number of carbonyl (C=O) groups is 3. The molecule has 0 radical (unpaired) electrons. The number of rotatable bonds is 5. The SMILES string of the molecule is Cc1cccc(C(=O)N[C@@H](C(=O)N2CCCCC2)C2CCN(C(=O)C(C)C)CC2)c1. The van der Waals surface area contributed by atoms with Gasteiger partial charge in [0.2, 0.25) is 11.8 Å². The van der Waals surface area contributed by atoms with Gasteiger partial charge in [0.25, 0.3) is 5.91 Å². The maximum Gasteiger partial charge on any atom is 0.251 e. The number of nitrogens with zero attached hydrogens (tertiary/aromatic N) is 2. The third kappa shape index (κ3) is 5.41. The van der Waals surface area contributed by atoms with E-state index in [1.807, 2.05) is 48.8 Å². The van der Waals surface area contributed by atoms with E-state index in [1.54, 1.807) is 6.07 Å². The van der Waals surface area contributed by atoms with Crippen molar-refractivity contribution in [3.63, 3.8) is 0 Å². The van der Waals surface area contributed by atoms with Crippen molar-refractivity contribution in [2.75, 3.05) is 26.2 Å². The van der Waals surface area contributed by atoms with Gasteiger partial charge >= 0.3 is 0 Å². The molecule has 0 bridgehead atoms. The molecular weight excluding hydrogens is 378 g/mol. The third-order valence-electron chi connectivity index (χ3n) is 6.32. The van der Waals surface area contributed by atoms with E-state index in [0.29, 0.717) is 18.7 Å². The van der Waals surface area contributed by atoms with Gasteiger partial charge in [-0.3, -0.25) is 14.4 Å². The lowest BCUT2D eigenvalue weighted by atomic mass is 9.87. The Balaban J connectivity index is 1.73. The third-order valence-corrected chi connectivity index (χ3v) is 6.32. The first-order chi connectivity index (χ1) is 14.4. The van der Waals surface area contributed by atoms with Gasteiger partial charge in [-0.05, 0) is 57.1 Å². The highest BCUT2D eigenvalue weighted by Gasteiger charge is 2.36. The van der Waals surface area contributed by atoms with Crippen LogP contribution in [0.15, 0.2) is 24.3 Å². The summed E-state index contributed by atoms with van der Waals surface area (Å²) in [4.78, 5) is 42.5. The fraction of sp³-hybridized carbons (Fsp3) is 0.625. The summed E-state index contributed by atoms with van der Waals surface area (Å²) in [5.41, 5.74) is 1.60. The van der Waals surface area contributed by atoms with Crippen molar-refractivity contribution in [2.45, 2.75) is 58.9 Å². The zero-order valence-electron chi connectivity index (χ0n) is 18.5. The molecule has 2 aliphatic rings. The largest absolute Gasteiger partial charge is 0.342 e. The molecule has 3 amide bonds. The Bertz CT molecular complexity index is 763. The smallest absolute Gasteiger partial charge is 0.251 e. The molecule has 2 aliphatic heterocycles. The summed E-state index contributed by atoms with van der Waals surface area (Å²) in [7, 11) is 0. The molecule has 2 fully saturated rings. The van der Waals surface area contributed by atoms with Crippen molar-refractivity contribution < 1.29 is 14.4 Å². The lowest BCUT2D eigenvalue weighted by molar-refractivity contribution is -0.138. The van der Waals surface area contributed by atoms with E-state index in [2.05, 4.69) is 5.32 Å². The number of hydrogen-bond acceptors (Lipinski definition) is 3. The quantitative estimate of drug-likeness (QED) is 0.807. The minimum absolute atomic E-state index is 0.0200. The van der Waals surface area contributed by atoms with Crippen LogP contribution in [-0.4, -0.2) is 59.7 Å². The van der Waals surface area contributed by atoms with Crippen LogP contribution in [0.5, 0.6) is 0 Å². The molecule has 0 saturated carbocycles. The molecule has 3 rings (SSSR count). The number of hydrogen-bond donors (Lipinski definition) is 1. The van der Waals surface area contributed by atoms with Crippen LogP contribution in [0.2, 0.25) is 0 Å². The van der Waals surface area contributed by atoms with Crippen LogP contribution in [-0.2, 0) is 9.59 Å². The molecule has 30 heavy (non-hydrogen) atoms. The number of carbonyl (C=O) groups excluding carboxylic acids is 3. The molecule has 0 spiro atoms. The van der Waals surface area contributed by atoms with Crippen LogP contribution < -0.4 is 5.32 Å². The molecule has 0 aliphatic carbocycles. The fourth-order valence-corrected chi connectivity index (χ4v) is 4.52. The topological polar surface area (TPSA) is 69.7 Å². The van der Waals surface area contributed by atoms with E-state index in [-0.39, 0.29) is 29.6 Å². The molecule has 0 aromatic heterocycles. The Morgan fingerprint density at radius 1 is 0.933 bits per heavy atom. The Morgan fingerprint density at radius 3 is 2.17 bits per heavy atom.